The van der Waals surface area contributed by atoms with Crippen LogP contribution in [0.1, 0.15) is 5.56 Å². The highest BCUT2D eigenvalue weighted by molar-refractivity contribution is 6.30. The van der Waals surface area contributed by atoms with E-state index in [9.17, 15) is 0 Å². The molecule has 1 aromatic rings. The molecule has 0 aliphatic carbocycles. The summed E-state index contributed by atoms with van der Waals surface area (Å²) >= 11 is 5.80. The van der Waals surface area contributed by atoms with Crippen LogP contribution in [-0.4, -0.2) is 6.54 Å². The number of hydrogen-bond acceptors (Lipinski definition) is 1. The van der Waals surface area contributed by atoms with E-state index < -0.39 is 0 Å². The molecule has 13 heavy (non-hydrogen) atoms. The number of halogens is 1. The summed E-state index contributed by atoms with van der Waals surface area (Å²) in [5.74, 6) is 0. The van der Waals surface area contributed by atoms with Crippen LogP contribution in [-0.2, 0) is 0 Å². The highest BCUT2D eigenvalue weighted by atomic mass is 35.5. The van der Waals surface area contributed by atoms with Crippen molar-refractivity contribution in [1.82, 2.24) is 5.32 Å². The molecular weight excluding hydrogens is 182 g/mol. The van der Waals surface area contributed by atoms with Gasteiger partial charge in [0.05, 0.1) is 0 Å². The summed E-state index contributed by atoms with van der Waals surface area (Å²) in [6.07, 6.45) is 2.13. The van der Waals surface area contributed by atoms with Crippen molar-refractivity contribution in [2.45, 2.75) is 0 Å². The number of nitrogens with one attached hydrogen (secondary N) is 1. The average molecular weight is 192 g/mol. The van der Waals surface area contributed by atoms with Crippen LogP contribution < -0.4 is 5.32 Å². The van der Waals surface area contributed by atoms with Gasteiger partial charge in [0.2, 0.25) is 0 Å². The molecule has 0 saturated heterocycles. The van der Waals surface area contributed by atoms with Crippen LogP contribution in [0.2, 0.25) is 5.02 Å². The molecule has 0 fully saturated rings. The zero-order chi connectivity index (χ0) is 9.26. The van der Waals surface area contributed by atoms with Gasteiger partial charge in [-0.05, 0) is 17.7 Å². The van der Waals surface area contributed by atoms with E-state index in [1.807, 2.05) is 24.3 Å². The van der Waals surface area contributed by atoms with Crippen LogP contribution in [0.15, 0.2) is 42.6 Å². The lowest BCUT2D eigenvalue weighted by Crippen LogP contribution is -2.04. The summed E-state index contributed by atoms with van der Waals surface area (Å²) in [5.41, 5.74) is 3.33. The maximum Gasteiger partial charge on any atom is 0.0406 e. The van der Waals surface area contributed by atoms with Crippen molar-refractivity contribution in [3.63, 3.8) is 0 Å². The van der Waals surface area contributed by atoms with Crippen LogP contribution in [0.5, 0.6) is 0 Å². The zero-order valence-corrected chi connectivity index (χ0v) is 7.93. The third-order valence-corrected chi connectivity index (χ3v) is 2.35. The lowest BCUT2D eigenvalue weighted by atomic mass is 10.1. The van der Waals surface area contributed by atoms with Gasteiger partial charge in [0.15, 0.2) is 0 Å². The Balaban J connectivity index is 2.36. The minimum atomic E-state index is 0.765. The van der Waals surface area contributed by atoms with Crippen LogP contribution >= 0.6 is 11.6 Å². The molecule has 0 atom stereocenters. The van der Waals surface area contributed by atoms with Gasteiger partial charge < -0.3 is 5.32 Å². The van der Waals surface area contributed by atoms with Gasteiger partial charge in [0, 0.05) is 22.8 Å². The standard InChI is InChI=1S/C11H10ClN/c1-8-11(6-7-13-8)9-2-4-10(12)5-3-9/h2-6,13H,1,7H2. The Morgan fingerprint density at radius 1 is 1.23 bits per heavy atom. The molecule has 1 heterocycles. The zero-order valence-electron chi connectivity index (χ0n) is 7.18. The first-order valence-electron chi connectivity index (χ1n) is 4.16. The van der Waals surface area contributed by atoms with Gasteiger partial charge in [-0.1, -0.05) is 36.4 Å². The molecule has 2 rings (SSSR count). The molecule has 2 heteroatoms. The maximum atomic E-state index is 5.80. The van der Waals surface area contributed by atoms with E-state index in [0.29, 0.717) is 0 Å². The molecule has 66 valence electrons. The largest absolute Gasteiger partial charge is 0.382 e. The van der Waals surface area contributed by atoms with Crippen LogP contribution in [0.3, 0.4) is 0 Å². The van der Waals surface area contributed by atoms with Gasteiger partial charge in [0.1, 0.15) is 0 Å². The SMILES string of the molecule is C=C1NCC=C1c1ccc(Cl)cc1. The quantitative estimate of drug-likeness (QED) is 0.720. The predicted molar refractivity (Wildman–Crippen MR) is 56.6 cm³/mol. The fraction of sp³-hybridized carbons (Fsp3) is 0.0909. The highest BCUT2D eigenvalue weighted by Crippen LogP contribution is 2.24. The van der Waals surface area contributed by atoms with Gasteiger partial charge in [-0.15, -0.1) is 0 Å². The summed E-state index contributed by atoms with van der Waals surface area (Å²) in [6, 6.07) is 7.80. The van der Waals surface area contributed by atoms with E-state index in [2.05, 4.69) is 18.0 Å². The maximum absolute atomic E-state index is 5.80. The molecular formula is C11H10ClN. The van der Waals surface area contributed by atoms with Gasteiger partial charge in [0.25, 0.3) is 0 Å². The van der Waals surface area contributed by atoms with Crippen molar-refractivity contribution in [3.8, 4) is 0 Å². The first-order valence-corrected chi connectivity index (χ1v) is 4.54. The van der Waals surface area contributed by atoms with Crippen molar-refractivity contribution in [2.75, 3.05) is 6.54 Å². The summed E-state index contributed by atoms with van der Waals surface area (Å²) in [5, 5.41) is 3.93. The van der Waals surface area contributed by atoms with Crippen molar-refractivity contribution < 1.29 is 0 Å². The first-order chi connectivity index (χ1) is 6.27. The monoisotopic (exact) mass is 191 g/mol. The molecule has 0 unspecified atom stereocenters. The minimum absolute atomic E-state index is 0.765. The molecule has 0 aromatic heterocycles. The molecule has 1 aliphatic heterocycles. The van der Waals surface area contributed by atoms with E-state index in [-0.39, 0.29) is 0 Å². The molecule has 0 bridgehead atoms. The molecule has 1 N–H and O–H groups in total. The molecule has 1 nitrogen and oxygen atoms in total. The Morgan fingerprint density at radius 3 is 2.46 bits per heavy atom. The molecule has 0 amide bonds. The van der Waals surface area contributed by atoms with Gasteiger partial charge in [-0.2, -0.15) is 0 Å². The van der Waals surface area contributed by atoms with E-state index in [1.54, 1.807) is 0 Å². The Bertz CT molecular complexity index is 362. The van der Waals surface area contributed by atoms with Crippen molar-refractivity contribution in [2.24, 2.45) is 0 Å². The first kappa shape index (κ1) is 8.39. The Labute approximate surface area is 82.7 Å². The number of rotatable bonds is 1. The smallest absolute Gasteiger partial charge is 0.0406 e. The summed E-state index contributed by atoms with van der Waals surface area (Å²) in [4.78, 5) is 0. The fourth-order valence-corrected chi connectivity index (χ4v) is 1.54. The van der Waals surface area contributed by atoms with E-state index in [4.69, 9.17) is 11.6 Å². The van der Waals surface area contributed by atoms with E-state index in [0.717, 1.165) is 17.3 Å². The fourth-order valence-electron chi connectivity index (χ4n) is 1.42. The molecule has 1 aliphatic rings. The second-order valence-corrected chi connectivity index (χ2v) is 3.42. The van der Waals surface area contributed by atoms with Gasteiger partial charge in [-0.25, -0.2) is 0 Å². The summed E-state index contributed by atoms with van der Waals surface area (Å²) in [6.45, 7) is 4.79. The van der Waals surface area contributed by atoms with Gasteiger partial charge in [-0.3, -0.25) is 0 Å². The third kappa shape index (κ3) is 1.61. The minimum Gasteiger partial charge on any atom is -0.382 e. The topological polar surface area (TPSA) is 12.0 Å². The normalized spacial score (nSPS) is 15.5. The van der Waals surface area contributed by atoms with Crippen molar-refractivity contribution >= 4 is 17.2 Å². The summed E-state index contributed by atoms with van der Waals surface area (Å²) in [7, 11) is 0. The lowest BCUT2D eigenvalue weighted by Gasteiger charge is -2.04. The second-order valence-electron chi connectivity index (χ2n) is 2.98. The lowest BCUT2D eigenvalue weighted by molar-refractivity contribution is 0.989. The Kier molecular flexibility index (Phi) is 2.11. The van der Waals surface area contributed by atoms with Crippen LogP contribution in [0, 0.1) is 0 Å². The van der Waals surface area contributed by atoms with Gasteiger partial charge >= 0.3 is 0 Å². The van der Waals surface area contributed by atoms with Crippen LogP contribution in [0.4, 0.5) is 0 Å². The number of benzene rings is 1. The average Bonchev–Trinajstić information content (AvgIpc) is 2.53. The number of allylic oxidation sites excluding steroid dienone is 1. The third-order valence-electron chi connectivity index (χ3n) is 2.10. The Hall–Kier alpha value is -1.21. The number of hydrogen-bond donors (Lipinski definition) is 1. The van der Waals surface area contributed by atoms with E-state index in [1.165, 1.54) is 11.1 Å². The molecule has 0 radical (unpaired) electrons. The van der Waals surface area contributed by atoms with Crippen molar-refractivity contribution in [1.29, 1.82) is 0 Å². The second kappa shape index (κ2) is 3.27. The molecule has 1 aromatic carbocycles. The highest BCUT2D eigenvalue weighted by Gasteiger charge is 2.09. The molecule has 0 spiro atoms. The molecule has 0 saturated carbocycles. The van der Waals surface area contributed by atoms with E-state index >= 15 is 0 Å². The summed E-state index contributed by atoms with van der Waals surface area (Å²) < 4.78 is 0. The predicted octanol–water partition coefficient (Wildman–Crippen LogP) is 2.84. The van der Waals surface area contributed by atoms with Crippen molar-refractivity contribution in [3.05, 3.63) is 53.2 Å². The Morgan fingerprint density at radius 2 is 1.92 bits per heavy atom. The van der Waals surface area contributed by atoms with Crippen LogP contribution in [0.25, 0.3) is 5.57 Å².